The summed E-state index contributed by atoms with van der Waals surface area (Å²) >= 11 is 0. The summed E-state index contributed by atoms with van der Waals surface area (Å²) in [4.78, 5) is 19.8. The van der Waals surface area contributed by atoms with E-state index in [2.05, 4.69) is 15.3 Å². The predicted octanol–water partition coefficient (Wildman–Crippen LogP) is 1.38. The van der Waals surface area contributed by atoms with Gasteiger partial charge in [-0.25, -0.2) is 18.9 Å². The first kappa shape index (κ1) is 15.3. The molecule has 3 N–H and O–H groups in total. The number of hydrogen-bond acceptors (Lipinski definition) is 4. The van der Waals surface area contributed by atoms with Crippen molar-refractivity contribution in [3.63, 3.8) is 0 Å². The Bertz CT molecular complexity index is 1170. The van der Waals surface area contributed by atoms with Gasteiger partial charge >= 0.3 is 0 Å². The fraction of sp³-hybridized carbons (Fsp3) is 0.118. The van der Waals surface area contributed by atoms with E-state index in [4.69, 9.17) is 0 Å². The molecule has 0 atom stereocenters. The summed E-state index contributed by atoms with van der Waals surface area (Å²) in [7, 11) is 1.90. The second-order valence-electron chi connectivity index (χ2n) is 5.69. The number of aryl methyl sites for hydroxylation is 1. The first-order valence-electron chi connectivity index (χ1n) is 7.63. The molecule has 0 aliphatic rings. The van der Waals surface area contributed by atoms with Crippen molar-refractivity contribution < 1.29 is 14.1 Å². The molecule has 1 aromatic carbocycles. The fourth-order valence-electron chi connectivity index (χ4n) is 2.81. The Morgan fingerprint density at radius 1 is 1.40 bits per heavy atom. The third kappa shape index (κ3) is 2.43. The predicted molar refractivity (Wildman–Crippen MR) is 90.1 cm³/mol. The van der Waals surface area contributed by atoms with Crippen LogP contribution in [0.4, 0.5) is 15.9 Å². The Balaban J connectivity index is 1.88. The van der Waals surface area contributed by atoms with Crippen LogP contribution in [0.3, 0.4) is 0 Å². The smallest absolute Gasteiger partial charge is 0.265 e. The van der Waals surface area contributed by atoms with Crippen LogP contribution >= 0.6 is 0 Å². The van der Waals surface area contributed by atoms with E-state index in [-0.39, 0.29) is 17.0 Å². The van der Waals surface area contributed by atoms with E-state index in [0.29, 0.717) is 5.69 Å². The molecule has 0 unspecified atom stereocenters. The van der Waals surface area contributed by atoms with Gasteiger partial charge in [-0.15, -0.1) is 0 Å². The number of aromatic amines is 1. The van der Waals surface area contributed by atoms with E-state index in [1.807, 2.05) is 36.1 Å². The minimum absolute atomic E-state index is 0.0710. The van der Waals surface area contributed by atoms with Crippen molar-refractivity contribution in [3.8, 4) is 0 Å². The van der Waals surface area contributed by atoms with Crippen LogP contribution in [0, 0.1) is 5.82 Å². The summed E-state index contributed by atoms with van der Waals surface area (Å²) in [6, 6.07) is 8.21. The molecule has 4 rings (SSSR count). The zero-order valence-corrected chi connectivity index (χ0v) is 13.3. The van der Waals surface area contributed by atoms with Crippen LogP contribution in [0.15, 0.2) is 47.7 Å². The molecule has 3 heterocycles. The van der Waals surface area contributed by atoms with Gasteiger partial charge in [0.2, 0.25) is 6.33 Å². The van der Waals surface area contributed by atoms with Crippen LogP contribution in [-0.2, 0) is 13.7 Å². The lowest BCUT2D eigenvalue weighted by atomic mass is 10.2. The highest BCUT2D eigenvalue weighted by Gasteiger charge is 2.15. The van der Waals surface area contributed by atoms with Gasteiger partial charge in [-0.1, -0.05) is 0 Å². The maximum absolute atomic E-state index is 14.0. The van der Waals surface area contributed by atoms with Crippen molar-refractivity contribution in [3.05, 3.63) is 64.6 Å². The van der Waals surface area contributed by atoms with Gasteiger partial charge in [0.1, 0.15) is 5.82 Å². The highest BCUT2D eigenvalue weighted by atomic mass is 19.1. The molecule has 0 fully saturated rings. The second-order valence-corrected chi connectivity index (χ2v) is 5.69. The van der Waals surface area contributed by atoms with Gasteiger partial charge in [-0.2, -0.15) is 0 Å². The second kappa shape index (κ2) is 5.67. The van der Waals surface area contributed by atoms with Crippen LogP contribution in [-0.4, -0.2) is 19.5 Å². The van der Waals surface area contributed by atoms with Crippen LogP contribution in [0.25, 0.3) is 16.7 Å². The third-order valence-corrected chi connectivity index (χ3v) is 4.11. The Labute approximate surface area is 141 Å². The SMILES string of the molecule is C[n+]1c[nH]c2ccc(Nc3nc4c(F)cccn4c(=O)c3CO)cc21. The molecule has 0 saturated heterocycles. The summed E-state index contributed by atoms with van der Waals surface area (Å²) in [5.41, 5.74) is 2.03. The largest absolute Gasteiger partial charge is 0.391 e. The fourth-order valence-corrected chi connectivity index (χ4v) is 2.81. The van der Waals surface area contributed by atoms with Gasteiger partial charge in [0.25, 0.3) is 5.56 Å². The number of pyridine rings is 1. The number of fused-ring (bicyclic) bond motifs is 2. The number of aromatic nitrogens is 4. The van der Waals surface area contributed by atoms with Gasteiger partial charge in [-0.3, -0.25) is 9.20 Å². The number of nitrogens with one attached hydrogen (secondary N) is 2. The number of anilines is 2. The quantitative estimate of drug-likeness (QED) is 0.492. The molecule has 8 heteroatoms. The molecule has 0 aliphatic carbocycles. The molecule has 7 nitrogen and oxygen atoms in total. The molecule has 4 aromatic rings. The van der Waals surface area contributed by atoms with Crippen LogP contribution in [0.5, 0.6) is 0 Å². The molecule has 3 aromatic heterocycles. The number of aliphatic hydroxyl groups is 1. The first-order chi connectivity index (χ1) is 12.1. The number of benzene rings is 1. The minimum atomic E-state index is -0.611. The van der Waals surface area contributed by atoms with Crippen LogP contribution < -0.4 is 15.4 Å². The monoisotopic (exact) mass is 340 g/mol. The highest BCUT2D eigenvalue weighted by molar-refractivity contribution is 5.77. The lowest BCUT2D eigenvalue weighted by Gasteiger charge is -2.11. The number of rotatable bonds is 3. The van der Waals surface area contributed by atoms with Crippen molar-refractivity contribution in [1.82, 2.24) is 14.4 Å². The standard InChI is InChI=1S/C17H14FN5O2/c1-22-9-19-13-5-4-10(7-14(13)22)20-15-11(8-24)17(25)23-6-2-3-12(18)16(23)21-15/h2-7,9,24H,8H2,1H3,(H,20,25)/p+1. The summed E-state index contributed by atoms with van der Waals surface area (Å²) in [5.74, 6) is -0.477. The molecule has 0 saturated carbocycles. The van der Waals surface area contributed by atoms with Gasteiger partial charge in [0.05, 0.1) is 19.2 Å². The number of hydrogen-bond donors (Lipinski definition) is 3. The van der Waals surface area contributed by atoms with E-state index in [1.54, 1.807) is 0 Å². The number of nitrogens with zero attached hydrogens (tertiary/aromatic N) is 3. The van der Waals surface area contributed by atoms with Crippen molar-refractivity contribution in [1.29, 1.82) is 0 Å². The molecule has 0 amide bonds. The van der Waals surface area contributed by atoms with E-state index in [0.717, 1.165) is 15.4 Å². The van der Waals surface area contributed by atoms with Crippen molar-refractivity contribution in [2.45, 2.75) is 6.61 Å². The molecular formula is C17H15FN5O2+. The van der Waals surface area contributed by atoms with Crippen molar-refractivity contribution in [2.24, 2.45) is 7.05 Å². The third-order valence-electron chi connectivity index (χ3n) is 4.11. The minimum Gasteiger partial charge on any atom is -0.391 e. The normalized spacial score (nSPS) is 11.3. The number of H-pyrrole nitrogens is 1. The molecule has 0 spiro atoms. The Kier molecular flexibility index (Phi) is 3.47. The molecule has 25 heavy (non-hydrogen) atoms. The number of imidazole rings is 1. The van der Waals surface area contributed by atoms with Gasteiger partial charge < -0.3 is 10.4 Å². The van der Waals surface area contributed by atoms with Crippen LogP contribution in [0.2, 0.25) is 0 Å². The van der Waals surface area contributed by atoms with Crippen molar-refractivity contribution >= 4 is 28.2 Å². The van der Waals surface area contributed by atoms with Crippen LogP contribution in [0.1, 0.15) is 5.56 Å². The maximum Gasteiger partial charge on any atom is 0.265 e. The number of aliphatic hydroxyl groups excluding tert-OH is 1. The lowest BCUT2D eigenvalue weighted by molar-refractivity contribution is -0.644. The summed E-state index contributed by atoms with van der Waals surface area (Å²) in [6.45, 7) is -0.506. The highest BCUT2D eigenvalue weighted by Crippen LogP contribution is 2.21. The zero-order valence-electron chi connectivity index (χ0n) is 13.3. The Morgan fingerprint density at radius 3 is 3.04 bits per heavy atom. The van der Waals surface area contributed by atoms with E-state index >= 15 is 0 Å². The Hall–Kier alpha value is -3.26. The summed E-state index contributed by atoms with van der Waals surface area (Å²) in [6.07, 6.45) is 3.24. The first-order valence-corrected chi connectivity index (χ1v) is 7.63. The zero-order chi connectivity index (χ0) is 17.6. The maximum atomic E-state index is 14.0. The average molecular weight is 340 g/mol. The number of halogens is 1. The molecular weight excluding hydrogens is 325 g/mol. The summed E-state index contributed by atoms with van der Waals surface area (Å²) < 4.78 is 17.0. The van der Waals surface area contributed by atoms with Crippen molar-refractivity contribution in [2.75, 3.05) is 5.32 Å². The van der Waals surface area contributed by atoms with E-state index in [1.165, 1.54) is 18.3 Å². The average Bonchev–Trinajstić information content (AvgIpc) is 2.97. The Morgan fingerprint density at radius 2 is 2.24 bits per heavy atom. The topological polar surface area (TPSA) is 86.3 Å². The van der Waals surface area contributed by atoms with Gasteiger partial charge in [0.15, 0.2) is 22.5 Å². The molecule has 0 bridgehead atoms. The van der Waals surface area contributed by atoms with E-state index < -0.39 is 18.0 Å². The summed E-state index contributed by atoms with van der Waals surface area (Å²) in [5, 5.41) is 12.6. The molecule has 126 valence electrons. The van der Waals surface area contributed by atoms with Gasteiger partial charge in [-0.05, 0) is 24.3 Å². The lowest BCUT2D eigenvalue weighted by Crippen LogP contribution is -2.25. The molecule has 0 radical (unpaired) electrons. The molecule has 0 aliphatic heterocycles. The van der Waals surface area contributed by atoms with Gasteiger partial charge in [0, 0.05) is 18.0 Å². The van der Waals surface area contributed by atoms with E-state index in [9.17, 15) is 14.3 Å².